The fourth-order valence-corrected chi connectivity index (χ4v) is 6.02. The maximum atomic E-state index is 11.9. The van der Waals surface area contributed by atoms with Crippen LogP contribution in [0.15, 0.2) is 11.1 Å². The summed E-state index contributed by atoms with van der Waals surface area (Å²) in [7, 11) is 0. The van der Waals surface area contributed by atoms with Crippen LogP contribution in [0.1, 0.15) is 64.7 Å². The number of Topliss-reactive ketones (excluding diaryl/α,β-unsaturated/α-hetero) is 1. The number of aliphatic hydroxyl groups excluding tert-OH is 1. The highest BCUT2D eigenvalue weighted by atomic mass is 16.3. The van der Waals surface area contributed by atoms with Gasteiger partial charge in [0.1, 0.15) is 6.10 Å². The average molecular weight is 274 g/mol. The second kappa shape index (κ2) is 4.43. The molecule has 0 amide bonds. The third kappa shape index (κ3) is 1.76. The molecule has 0 bridgehead atoms. The van der Waals surface area contributed by atoms with Crippen molar-refractivity contribution in [2.45, 2.75) is 70.8 Å². The van der Waals surface area contributed by atoms with E-state index in [1.54, 1.807) is 0 Å². The zero-order chi connectivity index (χ0) is 13.9. The first-order valence-corrected chi connectivity index (χ1v) is 8.50. The average Bonchev–Trinajstić information content (AvgIpc) is 2.82. The topological polar surface area (TPSA) is 37.3 Å². The summed E-state index contributed by atoms with van der Waals surface area (Å²) < 4.78 is 0. The van der Waals surface area contributed by atoms with Crippen molar-refractivity contribution in [3.05, 3.63) is 11.1 Å². The van der Waals surface area contributed by atoms with Crippen LogP contribution in [-0.4, -0.2) is 17.0 Å². The van der Waals surface area contributed by atoms with E-state index in [4.69, 9.17) is 0 Å². The van der Waals surface area contributed by atoms with Crippen molar-refractivity contribution in [2.75, 3.05) is 0 Å². The van der Waals surface area contributed by atoms with Gasteiger partial charge in [0.15, 0.2) is 5.78 Å². The predicted molar refractivity (Wildman–Crippen MR) is 78.2 cm³/mol. The van der Waals surface area contributed by atoms with E-state index in [9.17, 15) is 9.90 Å². The molecule has 1 N–H and O–H groups in total. The van der Waals surface area contributed by atoms with E-state index in [2.05, 4.69) is 6.92 Å². The van der Waals surface area contributed by atoms with Crippen LogP contribution < -0.4 is 0 Å². The van der Waals surface area contributed by atoms with Gasteiger partial charge in [-0.3, -0.25) is 4.79 Å². The van der Waals surface area contributed by atoms with Crippen LogP contribution in [0, 0.1) is 23.2 Å². The largest absolute Gasteiger partial charge is 0.385 e. The molecule has 1 unspecified atom stereocenters. The highest BCUT2D eigenvalue weighted by Gasteiger charge is 2.51. The molecule has 0 aromatic carbocycles. The molecule has 4 aliphatic rings. The van der Waals surface area contributed by atoms with Gasteiger partial charge in [-0.05, 0) is 61.7 Å². The quantitative estimate of drug-likeness (QED) is 0.685. The number of fused-ring (bicyclic) bond motifs is 4. The van der Waals surface area contributed by atoms with Crippen LogP contribution in [0.3, 0.4) is 0 Å². The fourth-order valence-electron chi connectivity index (χ4n) is 6.02. The Balaban J connectivity index is 1.66. The van der Waals surface area contributed by atoms with E-state index in [-0.39, 0.29) is 5.78 Å². The molecule has 2 fully saturated rings. The molecule has 0 saturated heterocycles. The SMILES string of the molecule is C[C@@]12CCC[C@H]1[C@@H]1CCC3=C(CC(=O)C(O)C3)[C@H]1CC2. The number of aliphatic hydroxyl groups is 1. The molecule has 0 aromatic heterocycles. The van der Waals surface area contributed by atoms with Crippen LogP contribution in [0.5, 0.6) is 0 Å². The van der Waals surface area contributed by atoms with Gasteiger partial charge < -0.3 is 5.11 Å². The minimum atomic E-state index is -0.703. The molecule has 0 aromatic rings. The lowest BCUT2D eigenvalue weighted by Crippen LogP contribution is -2.43. The summed E-state index contributed by atoms with van der Waals surface area (Å²) in [5.41, 5.74) is 3.50. The van der Waals surface area contributed by atoms with E-state index in [1.807, 2.05) is 0 Å². The molecule has 4 rings (SSSR count). The first-order valence-electron chi connectivity index (χ1n) is 8.50. The lowest BCUT2D eigenvalue weighted by molar-refractivity contribution is -0.127. The standard InChI is InChI=1S/C18H26O2/c1-18-7-2-3-15(18)13-5-4-11-9-16(19)17(20)10-14(11)12(13)6-8-18/h12-13,15-16,19H,2-10H2,1H3/t12-,13+,15-,16?,18-/m0/s1. The minimum Gasteiger partial charge on any atom is -0.385 e. The highest BCUT2D eigenvalue weighted by Crippen LogP contribution is 2.60. The van der Waals surface area contributed by atoms with E-state index >= 15 is 0 Å². The number of ketones is 1. The van der Waals surface area contributed by atoms with E-state index in [0.717, 1.165) is 18.3 Å². The second-order valence-electron chi connectivity index (χ2n) is 7.99. The normalized spacial score (nSPS) is 47.8. The van der Waals surface area contributed by atoms with E-state index in [1.165, 1.54) is 49.7 Å². The molecule has 4 aliphatic carbocycles. The first-order chi connectivity index (χ1) is 9.58. The molecule has 0 heterocycles. The van der Waals surface area contributed by atoms with Crippen LogP contribution >= 0.6 is 0 Å². The number of carbonyl (C=O) groups excluding carboxylic acids is 1. The van der Waals surface area contributed by atoms with Crippen molar-refractivity contribution in [1.82, 2.24) is 0 Å². The van der Waals surface area contributed by atoms with Crippen LogP contribution in [0.2, 0.25) is 0 Å². The van der Waals surface area contributed by atoms with Gasteiger partial charge in [0.05, 0.1) is 0 Å². The first kappa shape index (κ1) is 13.1. The molecule has 110 valence electrons. The molecule has 20 heavy (non-hydrogen) atoms. The molecule has 2 heteroatoms. The smallest absolute Gasteiger partial charge is 0.165 e. The van der Waals surface area contributed by atoms with Gasteiger partial charge in [0, 0.05) is 12.8 Å². The van der Waals surface area contributed by atoms with Gasteiger partial charge in [0.2, 0.25) is 0 Å². The molecular weight excluding hydrogens is 248 g/mol. The maximum Gasteiger partial charge on any atom is 0.165 e. The molecule has 0 aliphatic heterocycles. The van der Waals surface area contributed by atoms with Crippen LogP contribution in [0.25, 0.3) is 0 Å². The molecule has 0 spiro atoms. The maximum absolute atomic E-state index is 11.9. The molecule has 2 saturated carbocycles. The summed E-state index contributed by atoms with van der Waals surface area (Å²) in [6.45, 7) is 2.51. The van der Waals surface area contributed by atoms with Gasteiger partial charge >= 0.3 is 0 Å². The van der Waals surface area contributed by atoms with Gasteiger partial charge in [0.25, 0.3) is 0 Å². The third-order valence-electron chi connectivity index (χ3n) is 7.08. The highest BCUT2D eigenvalue weighted by molar-refractivity contribution is 5.87. The van der Waals surface area contributed by atoms with Crippen molar-refractivity contribution < 1.29 is 9.90 Å². The van der Waals surface area contributed by atoms with Gasteiger partial charge in [-0.25, -0.2) is 0 Å². The number of rotatable bonds is 0. The Hall–Kier alpha value is -0.630. The summed E-state index contributed by atoms with van der Waals surface area (Å²) in [5.74, 6) is 2.48. The van der Waals surface area contributed by atoms with Crippen molar-refractivity contribution in [3.8, 4) is 0 Å². The fraction of sp³-hybridized carbons (Fsp3) is 0.833. The summed E-state index contributed by atoms with van der Waals surface area (Å²) in [6, 6.07) is 0. The Labute approximate surface area is 121 Å². The van der Waals surface area contributed by atoms with Crippen LogP contribution in [0.4, 0.5) is 0 Å². The molecule has 5 atom stereocenters. The zero-order valence-electron chi connectivity index (χ0n) is 12.5. The van der Waals surface area contributed by atoms with Crippen molar-refractivity contribution >= 4 is 5.78 Å². The molecule has 0 radical (unpaired) electrons. The summed E-state index contributed by atoms with van der Waals surface area (Å²) >= 11 is 0. The predicted octanol–water partition coefficient (Wildman–Crippen LogP) is 3.63. The lowest BCUT2D eigenvalue weighted by atomic mass is 9.54. The minimum absolute atomic E-state index is 0.0733. The number of hydrogen-bond acceptors (Lipinski definition) is 2. The van der Waals surface area contributed by atoms with Gasteiger partial charge in [-0.2, -0.15) is 0 Å². The van der Waals surface area contributed by atoms with Crippen LogP contribution in [-0.2, 0) is 4.79 Å². The Bertz CT molecular complexity index is 478. The van der Waals surface area contributed by atoms with Crippen molar-refractivity contribution in [3.63, 3.8) is 0 Å². The number of carbonyl (C=O) groups is 1. The Kier molecular flexibility index (Phi) is 2.89. The third-order valence-corrected chi connectivity index (χ3v) is 7.08. The Morgan fingerprint density at radius 1 is 1.20 bits per heavy atom. The zero-order valence-corrected chi connectivity index (χ0v) is 12.5. The van der Waals surface area contributed by atoms with Crippen molar-refractivity contribution in [2.24, 2.45) is 23.2 Å². The van der Waals surface area contributed by atoms with E-state index in [0.29, 0.717) is 24.2 Å². The monoisotopic (exact) mass is 274 g/mol. The molecular formula is C18H26O2. The second-order valence-corrected chi connectivity index (χ2v) is 7.99. The summed E-state index contributed by atoms with van der Waals surface area (Å²) in [4.78, 5) is 11.9. The lowest BCUT2D eigenvalue weighted by Gasteiger charge is -2.50. The van der Waals surface area contributed by atoms with Crippen molar-refractivity contribution in [1.29, 1.82) is 0 Å². The Morgan fingerprint density at radius 3 is 2.90 bits per heavy atom. The summed E-state index contributed by atoms with van der Waals surface area (Å²) in [5, 5.41) is 9.82. The number of allylic oxidation sites excluding steroid dienone is 1. The van der Waals surface area contributed by atoms with Gasteiger partial charge in [-0.15, -0.1) is 0 Å². The summed E-state index contributed by atoms with van der Waals surface area (Å²) in [6.07, 6.45) is 9.84. The van der Waals surface area contributed by atoms with E-state index < -0.39 is 6.10 Å². The van der Waals surface area contributed by atoms with Gasteiger partial charge in [-0.1, -0.05) is 24.5 Å². The number of hydrogen-bond donors (Lipinski definition) is 1. The Morgan fingerprint density at radius 2 is 2.05 bits per heavy atom. The molecule has 2 nitrogen and oxygen atoms in total.